The molecule has 130 valence electrons. The van der Waals surface area contributed by atoms with Crippen molar-refractivity contribution in [1.82, 2.24) is 15.5 Å². The first-order chi connectivity index (χ1) is 10.6. The average molecular weight is 311 g/mol. The predicted molar refractivity (Wildman–Crippen MR) is 97.6 cm³/mol. The molecule has 0 aromatic rings. The van der Waals surface area contributed by atoms with E-state index in [1.54, 1.807) is 0 Å². The maximum atomic E-state index is 4.72. The summed E-state index contributed by atoms with van der Waals surface area (Å²) in [6, 6.07) is 0.491. The Morgan fingerprint density at radius 3 is 2.45 bits per heavy atom. The molecule has 0 amide bonds. The van der Waals surface area contributed by atoms with Crippen LogP contribution in [0, 0.1) is 5.92 Å². The van der Waals surface area contributed by atoms with Crippen molar-refractivity contribution in [2.75, 3.05) is 32.7 Å². The fraction of sp³-hybridized carbons (Fsp3) is 0.944. The van der Waals surface area contributed by atoms with Crippen LogP contribution in [0.15, 0.2) is 4.99 Å². The number of hydrogen-bond donors (Lipinski definition) is 2. The van der Waals surface area contributed by atoms with Crippen LogP contribution in [0.3, 0.4) is 0 Å². The molecule has 1 fully saturated rings. The van der Waals surface area contributed by atoms with E-state index in [4.69, 9.17) is 4.99 Å². The Morgan fingerprint density at radius 2 is 1.82 bits per heavy atom. The molecule has 1 unspecified atom stereocenters. The molecule has 0 radical (unpaired) electrons. The Hall–Kier alpha value is -0.770. The van der Waals surface area contributed by atoms with Gasteiger partial charge in [-0.1, -0.05) is 13.8 Å². The highest BCUT2D eigenvalue weighted by molar-refractivity contribution is 5.79. The number of aliphatic imine (C=N–C) groups is 1. The number of unbranched alkanes of at least 4 members (excludes halogenated alkanes) is 1. The summed E-state index contributed by atoms with van der Waals surface area (Å²) in [6.45, 7) is 14.7. The van der Waals surface area contributed by atoms with Gasteiger partial charge < -0.3 is 15.5 Å². The van der Waals surface area contributed by atoms with E-state index in [0.717, 1.165) is 25.0 Å². The highest BCUT2D eigenvalue weighted by Crippen LogP contribution is 2.08. The summed E-state index contributed by atoms with van der Waals surface area (Å²) < 4.78 is 0. The fourth-order valence-electron chi connectivity index (χ4n) is 2.85. The van der Waals surface area contributed by atoms with Gasteiger partial charge >= 0.3 is 0 Å². The number of likely N-dealkylation sites (tertiary alicyclic amines) is 1. The second-order valence-electron chi connectivity index (χ2n) is 7.03. The van der Waals surface area contributed by atoms with Crippen molar-refractivity contribution < 1.29 is 0 Å². The summed E-state index contributed by atoms with van der Waals surface area (Å²) in [4.78, 5) is 7.31. The minimum atomic E-state index is 0.491. The monoisotopic (exact) mass is 310 g/mol. The molecule has 1 atom stereocenters. The molecule has 1 aliphatic heterocycles. The summed E-state index contributed by atoms with van der Waals surface area (Å²) in [7, 11) is 0. The molecule has 1 saturated heterocycles. The molecule has 0 saturated carbocycles. The van der Waals surface area contributed by atoms with Crippen LogP contribution >= 0.6 is 0 Å². The smallest absolute Gasteiger partial charge is 0.191 e. The van der Waals surface area contributed by atoms with Crippen LogP contribution in [-0.2, 0) is 0 Å². The topological polar surface area (TPSA) is 39.7 Å². The zero-order valence-electron chi connectivity index (χ0n) is 15.3. The van der Waals surface area contributed by atoms with Gasteiger partial charge in [-0.2, -0.15) is 0 Å². The van der Waals surface area contributed by atoms with Crippen LogP contribution in [0.2, 0.25) is 0 Å². The Labute approximate surface area is 138 Å². The third-order valence-electron chi connectivity index (χ3n) is 4.26. The Kier molecular flexibility index (Phi) is 10.3. The van der Waals surface area contributed by atoms with Gasteiger partial charge in [0.2, 0.25) is 0 Å². The Morgan fingerprint density at radius 1 is 1.09 bits per heavy atom. The van der Waals surface area contributed by atoms with Gasteiger partial charge in [0.1, 0.15) is 0 Å². The average Bonchev–Trinajstić information content (AvgIpc) is 2.98. The van der Waals surface area contributed by atoms with E-state index in [1.165, 1.54) is 58.2 Å². The summed E-state index contributed by atoms with van der Waals surface area (Å²) in [5.41, 5.74) is 0. The normalized spacial score (nSPS) is 18.0. The molecule has 0 spiro atoms. The predicted octanol–water partition coefficient (Wildman–Crippen LogP) is 3.24. The summed E-state index contributed by atoms with van der Waals surface area (Å²) in [5, 5.41) is 6.90. The minimum Gasteiger partial charge on any atom is -0.357 e. The molecule has 0 aliphatic carbocycles. The van der Waals surface area contributed by atoms with E-state index >= 15 is 0 Å². The second kappa shape index (κ2) is 11.8. The maximum absolute atomic E-state index is 4.72. The van der Waals surface area contributed by atoms with Crippen molar-refractivity contribution >= 4 is 5.96 Å². The van der Waals surface area contributed by atoms with Crippen molar-refractivity contribution in [2.24, 2.45) is 10.9 Å². The van der Waals surface area contributed by atoms with Crippen LogP contribution < -0.4 is 10.6 Å². The van der Waals surface area contributed by atoms with Crippen LogP contribution in [-0.4, -0.2) is 49.6 Å². The number of guanidine groups is 1. The molecule has 0 aromatic carbocycles. The first-order valence-electron chi connectivity index (χ1n) is 9.39. The Balaban J connectivity index is 2.19. The lowest BCUT2D eigenvalue weighted by Gasteiger charge is -2.18. The molecule has 0 aromatic heterocycles. The largest absolute Gasteiger partial charge is 0.357 e. The Bertz CT molecular complexity index is 295. The molecule has 4 nitrogen and oxygen atoms in total. The lowest BCUT2D eigenvalue weighted by Crippen LogP contribution is -2.42. The van der Waals surface area contributed by atoms with E-state index in [9.17, 15) is 0 Å². The zero-order valence-corrected chi connectivity index (χ0v) is 15.3. The van der Waals surface area contributed by atoms with Crippen molar-refractivity contribution in [1.29, 1.82) is 0 Å². The molecular formula is C18H38N4. The number of nitrogens with one attached hydrogen (secondary N) is 2. The third kappa shape index (κ3) is 9.29. The van der Waals surface area contributed by atoms with Crippen LogP contribution in [0.5, 0.6) is 0 Å². The van der Waals surface area contributed by atoms with E-state index in [2.05, 4.69) is 43.2 Å². The third-order valence-corrected chi connectivity index (χ3v) is 4.26. The second-order valence-corrected chi connectivity index (χ2v) is 7.03. The van der Waals surface area contributed by atoms with Crippen molar-refractivity contribution in [3.63, 3.8) is 0 Å². The van der Waals surface area contributed by atoms with Gasteiger partial charge in [-0.3, -0.25) is 4.99 Å². The lowest BCUT2D eigenvalue weighted by molar-refractivity contribution is 0.331. The molecule has 4 heteroatoms. The van der Waals surface area contributed by atoms with E-state index in [0.29, 0.717) is 6.04 Å². The van der Waals surface area contributed by atoms with Crippen LogP contribution in [0.1, 0.15) is 66.2 Å². The highest BCUT2D eigenvalue weighted by Gasteiger charge is 2.10. The molecule has 1 aliphatic rings. The maximum Gasteiger partial charge on any atom is 0.191 e. The van der Waals surface area contributed by atoms with Crippen LogP contribution in [0.4, 0.5) is 0 Å². The van der Waals surface area contributed by atoms with E-state index in [-0.39, 0.29) is 0 Å². The van der Waals surface area contributed by atoms with Gasteiger partial charge in [-0.25, -0.2) is 0 Å². The minimum absolute atomic E-state index is 0.491. The molecular weight excluding hydrogens is 272 g/mol. The standard InChI is InChI=1S/C18H38N4/c1-5-19-18(21-17(4)11-10-16(2)3)20-12-6-7-13-22-14-8-9-15-22/h16-17H,5-15H2,1-4H3,(H2,19,20,21). The van der Waals surface area contributed by atoms with Crippen LogP contribution in [0.25, 0.3) is 0 Å². The van der Waals surface area contributed by atoms with E-state index < -0.39 is 0 Å². The van der Waals surface area contributed by atoms with Gasteiger partial charge in [0.15, 0.2) is 5.96 Å². The summed E-state index contributed by atoms with van der Waals surface area (Å²) >= 11 is 0. The number of nitrogens with zero attached hydrogens (tertiary/aromatic N) is 2. The zero-order chi connectivity index (χ0) is 16.2. The highest BCUT2D eigenvalue weighted by atomic mass is 15.2. The molecule has 1 heterocycles. The molecule has 2 N–H and O–H groups in total. The lowest BCUT2D eigenvalue weighted by atomic mass is 10.0. The van der Waals surface area contributed by atoms with Gasteiger partial charge in [0.05, 0.1) is 0 Å². The summed E-state index contributed by atoms with van der Waals surface area (Å²) in [6.07, 6.45) is 7.71. The SMILES string of the molecule is CCNC(=NCCCCN1CCCC1)NC(C)CCC(C)C. The first kappa shape index (κ1) is 19.3. The first-order valence-corrected chi connectivity index (χ1v) is 9.39. The van der Waals surface area contributed by atoms with Gasteiger partial charge in [-0.05, 0) is 77.9 Å². The molecule has 22 heavy (non-hydrogen) atoms. The van der Waals surface area contributed by atoms with Crippen molar-refractivity contribution in [2.45, 2.75) is 72.3 Å². The van der Waals surface area contributed by atoms with Gasteiger partial charge in [0, 0.05) is 19.1 Å². The molecule has 1 rings (SSSR count). The van der Waals surface area contributed by atoms with E-state index in [1.807, 2.05) is 0 Å². The number of rotatable bonds is 10. The summed E-state index contributed by atoms with van der Waals surface area (Å²) in [5.74, 6) is 1.76. The van der Waals surface area contributed by atoms with Crippen molar-refractivity contribution in [3.8, 4) is 0 Å². The quantitative estimate of drug-likeness (QED) is 0.370. The van der Waals surface area contributed by atoms with Gasteiger partial charge in [0.25, 0.3) is 0 Å². The van der Waals surface area contributed by atoms with Crippen molar-refractivity contribution in [3.05, 3.63) is 0 Å². The molecule has 0 bridgehead atoms. The number of hydrogen-bond acceptors (Lipinski definition) is 2. The van der Waals surface area contributed by atoms with Gasteiger partial charge in [-0.15, -0.1) is 0 Å². The fourth-order valence-corrected chi connectivity index (χ4v) is 2.85.